The van der Waals surface area contributed by atoms with Gasteiger partial charge in [-0.15, -0.1) is 0 Å². The minimum absolute atomic E-state index is 0.172. The SMILES string of the molecule is C=CCOc1ccccc1OCC(CNC(C)C)OC(=O)C(C)C. The van der Waals surface area contributed by atoms with Gasteiger partial charge in [0.25, 0.3) is 0 Å². The van der Waals surface area contributed by atoms with Crippen molar-refractivity contribution in [1.82, 2.24) is 5.32 Å². The van der Waals surface area contributed by atoms with E-state index in [2.05, 4.69) is 11.9 Å². The zero-order valence-corrected chi connectivity index (χ0v) is 15.1. The maximum atomic E-state index is 11.9. The maximum Gasteiger partial charge on any atom is 0.308 e. The summed E-state index contributed by atoms with van der Waals surface area (Å²) < 4.78 is 16.9. The molecule has 1 unspecified atom stereocenters. The first kappa shape index (κ1) is 20.0. The lowest BCUT2D eigenvalue weighted by molar-refractivity contribution is -0.154. The molecule has 0 aliphatic rings. The van der Waals surface area contributed by atoms with Gasteiger partial charge in [0.05, 0.1) is 5.92 Å². The molecule has 1 aromatic carbocycles. The molecule has 0 amide bonds. The highest BCUT2D eigenvalue weighted by Crippen LogP contribution is 2.26. The van der Waals surface area contributed by atoms with Crippen molar-refractivity contribution in [1.29, 1.82) is 0 Å². The van der Waals surface area contributed by atoms with E-state index >= 15 is 0 Å². The van der Waals surface area contributed by atoms with Gasteiger partial charge < -0.3 is 19.5 Å². The quantitative estimate of drug-likeness (QED) is 0.497. The topological polar surface area (TPSA) is 56.8 Å². The molecule has 0 bridgehead atoms. The first-order chi connectivity index (χ1) is 11.4. The van der Waals surface area contributed by atoms with Gasteiger partial charge in [-0.05, 0) is 12.1 Å². The molecule has 0 aliphatic heterocycles. The van der Waals surface area contributed by atoms with E-state index < -0.39 is 0 Å². The third-order valence-electron chi connectivity index (χ3n) is 3.14. The van der Waals surface area contributed by atoms with Crippen LogP contribution in [0.15, 0.2) is 36.9 Å². The molecule has 5 nitrogen and oxygen atoms in total. The molecule has 0 spiro atoms. The highest BCUT2D eigenvalue weighted by Gasteiger charge is 2.19. The Kier molecular flexibility index (Phi) is 8.94. The van der Waals surface area contributed by atoms with E-state index in [0.717, 1.165) is 0 Å². The summed E-state index contributed by atoms with van der Waals surface area (Å²) in [5, 5.41) is 3.27. The molecule has 134 valence electrons. The van der Waals surface area contributed by atoms with Crippen LogP contribution >= 0.6 is 0 Å². The van der Waals surface area contributed by atoms with Crippen LogP contribution in [0.4, 0.5) is 0 Å². The Morgan fingerprint density at radius 2 is 1.79 bits per heavy atom. The molecular weight excluding hydrogens is 306 g/mol. The fraction of sp³-hybridized carbons (Fsp3) is 0.526. The Labute approximate surface area is 145 Å². The van der Waals surface area contributed by atoms with Crippen molar-refractivity contribution in [2.45, 2.75) is 39.8 Å². The molecule has 1 aromatic rings. The normalized spacial score (nSPS) is 12.1. The van der Waals surface area contributed by atoms with E-state index in [-0.39, 0.29) is 24.6 Å². The number of hydrogen-bond acceptors (Lipinski definition) is 5. The standard InChI is InChI=1S/C19H29NO4/c1-6-11-22-17-9-7-8-10-18(17)23-13-16(12-20-15(4)5)24-19(21)14(2)3/h6-10,14-16,20H,1,11-13H2,2-5H3. The third-order valence-corrected chi connectivity index (χ3v) is 3.14. The number of hydrogen-bond donors (Lipinski definition) is 1. The van der Waals surface area contributed by atoms with E-state index in [9.17, 15) is 4.79 Å². The number of carbonyl (C=O) groups excluding carboxylic acids is 1. The van der Waals surface area contributed by atoms with Crippen LogP contribution in [0.3, 0.4) is 0 Å². The molecule has 24 heavy (non-hydrogen) atoms. The lowest BCUT2D eigenvalue weighted by Crippen LogP contribution is -2.39. The van der Waals surface area contributed by atoms with E-state index in [1.807, 2.05) is 52.0 Å². The molecule has 0 aromatic heterocycles. The van der Waals surface area contributed by atoms with Gasteiger partial charge in [-0.1, -0.05) is 52.5 Å². The van der Waals surface area contributed by atoms with Gasteiger partial charge in [0.2, 0.25) is 0 Å². The number of para-hydroxylation sites is 2. The second kappa shape index (κ2) is 10.7. The Morgan fingerprint density at radius 3 is 2.33 bits per heavy atom. The highest BCUT2D eigenvalue weighted by atomic mass is 16.6. The lowest BCUT2D eigenvalue weighted by atomic mass is 10.2. The summed E-state index contributed by atoms with van der Waals surface area (Å²) in [6.07, 6.45) is 1.31. The van der Waals surface area contributed by atoms with Crippen molar-refractivity contribution in [3.63, 3.8) is 0 Å². The van der Waals surface area contributed by atoms with Gasteiger partial charge in [-0.25, -0.2) is 0 Å². The molecule has 0 saturated carbocycles. The summed E-state index contributed by atoms with van der Waals surface area (Å²) in [5.74, 6) is 0.859. The molecule has 0 heterocycles. The monoisotopic (exact) mass is 335 g/mol. The average molecular weight is 335 g/mol. The van der Waals surface area contributed by atoms with Gasteiger partial charge in [0.1, 0.15) is 19.3 Å². The summed E-state index contributed by atoms with van der Waals surface area (Å²) in [4.78, 5) is 11.9. The second-order valence-corrected chi connectivity index (χ2v) is 6.13. The molecule has 0 aliphatic carbocycles. The van der Waals surface area contributed by atoms with Crippen LogP contribution in [0.1, 0.15) is 27.7 Å². The maximum absolute atomic E-state index is 11.9. The summed E-state index contributed by atoms with van der Waals surface area (Å²) in [6, 6.07) is 7.71. The molecule has 1 atom stereocenters. The lowest BCUT2D eigenvalue weighted by Gasteiger charge is -2.22. The van der Waals surface area contributed by atoms with Gasteiger partial charge in [0, 0.05) is 12.6 Å². The first-order valence-corrected chi connectivity index (χ1v) is 8.33. The smallest absolute Gasteiger partial charge is 0.308 e. The largest absolute Gasteiger partial charge is 0.486 e. The van der Waals surface area contributed by atoms with E-state index in [1.54, 1.807) is 6.08 Å². The van der Waals surface area contributed by atoms with E-state index in [4.69, 9.17) is 14.2 Å². The van der Waals surface area contributed by atoms with E-state index in [1.165, 1.54) is 0 Å². The predicted octanol–water partition coefficient (Wildman–Crippen LogP) is 3.20. The van der Waals surface area contributed by atoms with Crippen molar-refractivity contribution >= 4 is 5.97 Å². The minimum atomic E-state index is -0.366. The van der Waals surface area contributed by atoms with Crippen LogP contribution < -0.4 is 14.8 Å². The summed E-state index contributed by atoms with van der Waals surface area (Å²) in [6.45, 7) is 12.5. The van der Waals surface area contributed by atoms with E-state index in [0.29, 0.717) is 30.7 Å². The predicted molar refractivity (Wildman–Crippen MR) is 95.5 cm³/mol. The fourth-order valence-corrected chi connectivity index (χ4v) is 1.82. The zero-order valence-electron chi connectivity index (χ0n) is 15.1. The van der Waals surface area contributed by atoms with Gasteiger partial charge >= 0.3 is 5.97 Å². The number of esters is 1. The van der Waals surface area contributed by atoms with Gasteiger partial charge in [-0.2, -0.15) is 0 Å². The number of carbonyl (C=O) groups is 1. The fourth-order valence-electron chi connectivity index (χ4n) is 1.82. The van der Waals surface area contributed by atoms with Crippen molar-refractivity contribution < 1.29 is 19.0 Å². The molecule has 0 saturated heterocycles. The van der Waals surface area contributed by atoms with Crippen LogP contribution in [0, 0.1) is 5.92 Å². The first-order valence-electron chi connectivity index (χ1n) is 8.33. The van der Waals surface area contributed by atoms with Crippen LogP contribution in [0.25, 0.3) is 0 Å². The molecule has 5 heteroatoms. The number of rotatable bonds is 11. The van der Waals surface area contributed by atoms with Crippen LogP contribution in [-0.2, 0) is 9.53 Å². The zero-order chi connectivity index (χ0) is 17.9. The molecular formula is C19H29NO4. The van der Waals surface area contributed by atoms with Crippen molar-refractivity contribution in [3.8, 4) is 11.5 Å². The second-order valence-electron chi connectivity index (χ2n) is 6.13. The van der Waals surface area contributed by atoms with Crippen LogP contribution in [0.2, 0.25) is 0 Å². The third kappa shape index (κ3) is 7.51. The summed E-state index contributed by atoms with van der Waals surface area (Å²) in [7, 11) is 0. The summed E-state index contributed by atoms with van der Waals surface area (Å²) >= 11 is 0. The number of nitrogens with one attached hydrogen (secondary N) is 1. The molecule has 1 rings (SSSR count). The molecule has 0 fully saturated rings. The van der Waals surface area contributed by atoms with Crippen LogP contribution in [0.5, 0.6) is 11.5 Å². The van der Waals surface area contributed by atoms with Gasteiger partial charge in [-0.3, -0.25) is 4.79 Å². The van der Waals surface area contributed by atoms with Gasteiger partial charge in [0.15, 0.2) is 11.5 Å². The Bertz CT molecular complexity index is 514. The van der Waals surface area contributed by atoms with Crippen molar-refractivity contribution in [3.05, 3.63) is 36.9 Å². The average Bonchev–Trinajstić information content (AvgIpc) is 2.55. The molecule has 0 radical (unpaired) electrons. The number of ether oxygens (including phenoxy) is 3. The Balaban J connectivity index is 2.69. The highest BCUT2D eigenvalue weighted by molar-refractivity contribution is 5.71. The Hall–Kier alpha value is -2.01. The Morgan fingerprint density at radius 1 is 1.17 bits per heavy atom. The number of benzene rings is 1. The van der Waals surface area contributed by atoms with Crippen molar-refractivity contribution in [2.24, 2.45) is 5.92 Å². The minimum Gasteiger partial charge on any atom is -0.486 e. The summed E-state index contributed by atoms with van der Waals surface area (Å²) in [5.41, 5.74) is 0. The molecule has 1 N–H and O–H groups in total. The van der Waals surface area contributed by atoms with Crippen LogP contribution in [-0.4, -0.2) is 37.9 Å². The van der Waals surface area contributed by atoms with Crippen molar-refractivity contribution in [2.75, 3.05) is 19.8 Å².